The van der Waals surface area contributed by atoms with E-state index < -0.39 is 0 Å². The number of amides is 1. The lowest BCUT2D eigenvalue weighted by Gasteiger charge is -2.08. The first-order valence-corrected chi connectivity index (χ1v) is 9.90. The Hall–Kier alpha value is -4.18. The summed E-state index contributed by atoms with van der Waals surface area (Å²) in [5.41, 5.74) is 5.96. The Morgan fingerprint density at radius 2 is 1.03 bits per heavy atom. The second kappa shape index (κ2) is 9.09. The summed E-state index contributed by atoms with van der Waals surface area (Å²) in [4.78, 5) is 24.2. The third kappa shape index (κ3) is 4.70. The molecule has 0 fully saturated rings. The highest BCUT2D eigenvalue weighted by atomic mass is 16.5. The van der Waals surface area contributed by atoms with Crippen LogP contribution >= 0.6 is 0 Å². The van der Waals surface area contributed by atoms with Crippen LogP contribution in [0.5, 0.6) is 0 Å². The van der Waals surface area contributed by atoms with Gasteiger partial charge < -0.3 is 10.1 Å². The first-order valence-electron chi connectivity index (χ1n) is 9.90. The molecule has 4 nitrogen and oxygen atoms in total. The van der Waals surface area contributed by atoms with Crippen molar-refractivity contribution in [3.05, 3.63) is 114 Å². The van der Waals surface area contributed by atoms with Crippen LogP contribution in [0.2, 0.25) is 0 Å². The van der Waals surface area contributed by atoms with Gasteiger partial charge in [-0.25, -0.2) is 4.79 Å². The number of hydrogen-bond donors (Lipinski definition) is 1. The quantitative estimate of drug-likeness (QED) is 0.409. The number of carbonyl (C=O) groups is 2. The highest BCUT2D eigenvalue weighted by molar-refractivity contribution is 6.04. The minimum atomic E-state index is -0.365. The lowest BCUT2D eigenvalue weighted by molar-refractivity contribution is 0.0600. The molecule has 0 bridgehead atoms. The molecule has 0 aliphatic carbocycles. The Morgan fingerprint density at radius 3 is 1.55 bits per heavy atom. The average molecular weight is 407 g/mol. The van der Waals surface area contributed by atoms with Gasteiger partial charge in [-0.2, -0.15) is 0 Å². The monoisotopic (exact) mass is 407 g/mol. The first-order chi connectivity index (χ1) is 15.1. The molecule has 1 amide bonds. The van der Waals surface area contributed by atoms with Gasteiger partial charge in [-0.1, -0.05) is 66.7 Å². The largest absolute Gasteiger partial charge is 0.465 e. The highest BCUT2D eigenvalue weighted by Crippen LogP contribution is 2.23. The van der Waals surface area contributed by atoms with E-state index in [1.165, 1.54) is 7.11 Å². The van der Waals surface area contributed by atoms with Crippen LogP contribution in [0, 0.1) is 0 Å². The van der Waals surface area contributed by atoms with E-state index in [0.29, 0.717) is 11.1 Å². The molecular weight excluding hydrogens is 386 g/mol. The van der Waals surface area contributed by atoms with Crippen molar-refractivity contribution >= 4 is 17.6 Å². The molecule has 0 radical (unpaired) electrons. The predicted molar refractivity (Wildman–Crippen MR) is 123 cm³/mol. The van der Waals surface area contributed by atoms with E-state index in [0.717, 1.165) is 27.9 Å². The summed E-state index contributed by atoms with van der Waals surface area (Å²) >= 11 is 0. The highest BCUT2D eigenvalue weighted by Gasteiger charge is 2.08. The van der Waals surface area contributed by atoms with Gasteiger partial charge in [-0.05, 0) is 58.7 Å². The van der Waals surface area contributed by atoms with Crippen LogP contribution in [0.1, 0.15) is 20.7 Å². The third-order valence-electron chi connectivity index (χ3n) is 5.04. The van der Waals surface area contributed by atoms with Crippen LogP contribution in [-0.2, 0) is 4.74 Å². The van der Waals surface area contributed by atoms with E-state index in [4.69, 9.17) is 4.74 Å². The average Bonchev–Trinajstić information content (AvgIpc) is 2.85. The summed E-state index contributed by atoms with van der Waals surface area (Å²) in [6, 6.07) is 32.4. The number of hydrogen-bond acceptors (Lipinski definition) is 3. The fraction of sp³-hybridized carbons (Fsp3) is 0.0370. The molecule has 1 N–H and O–H groups in total. The molecule has 0 aromatic heterocycles. The molecule has 0 saturated carbocycles. The standard InChI is InChI=1S/C27H21NO3/c1-31-27(30)24-13-9-21(10-14-24)20-7-11-23(12-8-20)26(29)28-25-17-15-22(16-18-25)19-5-3-2-4-6-19/h2-18H,1H3,(H,28,29). The molecule has 4 aromatic carbocycles. The van der Waals surface area contributed by atoms with Crippen molar-refractivity contribution in [1.29, 1.82) is 0 Å². The maximum Gasteiger partial charge on any atom is 0.337 e. The Kier molecular flexibility index (Phi) is 5.90. The predicted octanol–water partition coefficient (Wildman–Crippen LogP) is 6.06. The normalized spacial score (nSPS) is 10.4. The van der Waals surface area contributed by atoms with E-state index in [9.17, 15) is 9.59 Å². The summed E-state index contributed by atoms with van der Waals surface area (Å²) in [5.74, 6) is -0.532. The molecule has 0 aliphatic heterocycles. The van der Waals surface area contributed by atoms with E-state index in [2.05, 4.69) is 17.4 Å². The lowest BCUT2D eigenvalue weighted by Crippen LogP contribution is -2.11. The molecule has 31 heavy (non-hydrogen) atoms. The second-order valence-electron chi connectivity index (χ2n) is 7.04. The summed E-state index contributed by atoms with van der Waals surface area (Å²) in [5, 5.41) is 2.93. The smallest absolute Gasteiger partial charge is 0.337 e. The van der Waals surface area contributed by atoms with Gasteiger partial charge in [0.05, 0.1) is 12.7 Å². The fourth-order valence-electron chi connectivity index (χ4n) is 3.31. The van der Waals surface area contributed by atoms with Crippen molar-refractivity contribution in [3.63, 3.8) is 0 Å². The van der Waals surface area contributed by atoms with Crippen molar-refractivity contribution in [2.45, 2.75) is 0 Å². The molecule has 0 aliphatic rings. The summed E-state index contributed by atoms with van der Waals surface area (Å²) in [7, 11) is 1.36. The van der Waals surface area contributed by atoms with E-state index in [-0.39, 0.29) is 11.9 Å². The van der Waals surface area contributed by atoms with Crippen molar-refractivity contribution in [2.75, 3.05) is 12.4 Å². The van der Waals surface area contributed by atoms with Crippen LogP contribution in [0.3, 0.4) is 0 Å². The van der Waals surface area contributed by atoms with Crippen LogP contribution in [0.25, 0.3) is 22.3 Å². The topological polar surface area (TPSA) is 55.4 Å². The van der Waals surface area contributed by atoms with Crippen molar-refractivity contribution in [2.24, 2.45) is 0 Å². The summed E-state index contributed by atoms with van der Waals surface area (Å²) in [6.45, 7) is 0. The van der Waals surface area contributed by atoms with Gasteiger partial charge in [0.2, 0.25) is 0 Å². The Morgan fingerprint density at radius 1 is 0.581 bits per heavy atom. The second-order valence-corrected chi connectivity index (χ2v) is 7.04. The molecule has 0 atom stereocenters. The number of nitrogens with one attached hydrogen (secondary N) is 1. The molecule has 4 rings (SSSR count). The lowest BCUT2D eigenvalue weighted by atomic mass is 10.0. The van der Waals surface area contributed by atoms with Gasteiger partial charge in [0.1, 0.15) is 0 Å². The van der Waals surface area contributed by atoms with Gasteiger partial charge in [-0.15, -0.1) is 0 Å². The fourth-order valence-corrected chi connectivity index (χ4v) is 3.31. The first kappa shape index (κ1) is 20.1. The summed E-state index contributed by atoms with van der Waals surface area (Å²) in [6.07, 6.45) is 0. The van der Waals surface area contributed by atoms with Crippen LogP contribution in [0.15, 0.2) is 103 Å². The van der Waals surface area contributed by atoms with Crippen molar-refractivity contribution < 1.29 is 14.3 Å². The van der Waals surface area contributed by atoms with Gasteiger partial charge in [0.25, 0.3) is 5.91 Å². The van der Waals surface area contributed by atoms with E-state index in [1.807, 2.05) is 66.7 Å². The molecule has 4 aromatic rings. The van der Waals surface area contributed by atoms with Crippen molar-refractivity contribution in [3.8, 4) is 22.3 Å². The Bertz CT molecular complexity index is 1180. The third-order valence-corrected chi connectivity index (χ3v) is 5.04. The minimum absolute atomic E-state index is 0.167. The van der Waals surface area contributed by atoms with Gasteiger partial charge in [0, 0.05) is 11.3 Å². The molecule has 0 unspecified atom stereocenters. The number of benzene rings is 4. The molecule has 0 spiro atoms. The van der Waals surface area contributed by atoms with Crippen molar-refractivity contribution in [1.82, 2.24) is 0 Å². The zero-order valence-electron chi connectivity index (χ0n) is 17.0. The van der Waals surface area contributed by atoms with E-state index >= 15 is 0 Å². The van der Waals surface area contributed by atoms with Gasteiger partial charge in [-0.3, -0.25) is 4.79 Å². The van der Waals surface area contributed by atoms with Crippen LogP contribution in [-0.4, -0.2) is 19.0 Å². The molecular formula is C27H21NO3. The van der Waals surface area contributed by atoms with E-state index in [1.54, 1.807) is 24.3 Å². The van der Waals surface area contributed by atoms with Gasteiger partial charge in [0.15, 0.2) is 0 Å². The van der Waals surface area contributed by atoms with Gasteiger partial charge >= 0.3 is 5.97 Å². The Labute approximate surface area is 181 Å². The minimum Gasteiger partial charge on any atom is -0.465 e. The zero-order valence-corrected chi connectivity index (χ0v) is 17.0. The number of methoxy groups -OCH3 is 1. The molecule has 0 heterocycles. The number of ether oxygens (including phenoxy) is 1. The number of rotatable bonds is 5. The number of carbonyl (C=O) groups excluding carboxylic acids is 2. The molecule has 152 valence electrons. The maximum atomic E-state index is 12.6. The van der Waals surface area contributed by atoms with Crippen LogP contribution in [0.4, 0.5) is 5.69 Å². The molecule has 4 heteroatoms. The SMILES string of the molecule is COC(=O)c1ccc(-c2ccc(C(=O)Nc3ccc(-c4ccccc4)cc3)cc2)cc1. The number of anilines is 1. The van der Waals surface area contributed by atoms with Crippen LogP contribution < -0.4 is 5.32 Å². The Balaban J connectivity index is 1.43. The maximum absolute atomic E-state index is 12.6. The molecule has 0 saturated heterocycles. The summed E-state index contributed by atoms with van der Waals surface area (Å²) < 4.78 is 4.72. The zero-order chi connectivity index (χ0) is 21.6. The number of esters is 1.